The van der Waals surface area contributed by atoms with Gasteiger partial charge < -0.3 is 15.4 Å². The van der Waals surface area contributed by atoms with Gasteiger partial charge in [0, 0.05) is 18.0 Å². The fraction of sp³-hybridized carbons (Fsp3) is 0.444. The maximum absolute atomic E-state index is 13.7. The van der Waals surface area contributed by atoms with Crippen molar-refractivity contribution in [3.63, 3.8) is 0 Å². The molecule has 0 saturated carbocycles. The predicted octanol–water partition coefficient (Wildman–Crippen LogP) is 3.77. The second kappa shape index (κ2) is 8.50. The molecule has 1 fully saturated rings. The van der Waals surface area contributed by atoms with Crippen LogP contribution in [0.15, 0.2) is 24.3 Å². The highest BCUT2D eigenvalue weighted by Crippen LogP contribution is 2.38. The normalized spacial score (nSPS) is 17.0. The third-order valence-electron chi connectivity index (χ3n) is 4.67. The van der Waals surface area contributed by atoms with Gasteiger partial charge in [0.1, 0.15) is 5.69 Å². The second-order valence-corrected chi connectivity index (χ2v) is 7.52. The van der Waals surface area contributed by atoms with Gasteiger partial charge in [0.25, 0.3) is 5.92 Å². The van der Waals surface area contributed by atoms with Crippen molar-refractivity contribution in [3.8, 4) is 6.01 Å². The van der Waals surface area contributed by atoms with E-state index in [1.807, 2.05) is 0 Å². The molecule has 7 nitrogen and oxygen atoms in total. The van der Waals surface area contributed by atoms with E-state index in [0.29, 0.717) is 10.6 Å². The van der Waals surface area contributed by atoms with E-state index >= 15 is 0 Å². The van der Waals surface area contributed by atoms with Crippen LogP contribution in [0.25, 0.3) is 0 Å². The molecule has 0 amide bonds. The molecular weight excluding hydrogens is 447 g/mol. The van der Waals surface area contributed by atoms with Gasteiger partial charge in [-0.1, -0.05) is 29.8 Å². The molecule has 0 spiro atoms. The number of nitrogens with zero attached hydrogens (tertiary/aromatic N) is 4. The lowest BCUT2D eigenvalue weighted by Crippen LogP contribution is -2.35. The average Bonchev–Trinajstić information content (AvgIpc) is 3.03. The molecule has 3 rings (SSSR count). The molecule has 1 aromatic heterocycles. The Hall–Kier alpha value is -2.60. The Balaban J connectivity index is 1.99. The monoisotopic (exact) mass is 466 g/mol. The zero-order chi connectivity index (χ0) is 23.0. The maximum atomic E-state index is 13.7. The smallest absolute Gasteiger partial charge is 0.425 e. The lowest BCUT2D eigenvalue weighted by Gasteiger charge is -2.26. The van der Waals surface area contributed by atoms with Crippen LogP contribution in [0, 0.1) is 0 Å². The summed E-state index contributed by atoms with van der Waals surface area (Å²) in [6.45, 7) is -0.0359. The number of benzene rings is 1. The molecule has 1 aliphatic rings. The second-order valence-electron chi connectivity index (χ2n) is 7.12. The highest BCUT2D eigenvalue weighted by molar-refractivity contribution is 6.31. The molecule has 1 atom stereocenters. The molecule has 13 heteroatoms. The number of alkyl halides is 5. The van der Waals surface area contributed by atoms with Gasteiger partial charge >= 0.3 is 12.2 Å². The minimum absolute atomic E-state index is 0.00918. The summed E-state index contributed by atoms with van der Waals surface area (Å²) in [6.07, 6.45) is -7.38. The molecule has 1 saturated heterocycles. The number of hydrogen-bond acceptors (Lipinski definition) is 7. The van der Waals surface area contributed by atoms with Crippen LogP contribution in [0.4, 0.5) is 39.3 Å². The molecule has 31 heavy (non-hydrogen) atoms. The van der Waals surface area contributed by atoms with E-state index in [2.05, 4.69) is 9.97 Å². The first-order chi connectivity index (χ1) is 14.4. The minimum atomic E-state index is -4.69. The van der Waals surface area contributed by atoms with Crippen molar-refractivity contribution >= 4 is 28.9 Å². The third-order valence-corrected chi connectivity index (χ3v) is 5.04. The summed E-state index contributed by atoms with van der Waals surface area (Å²) in [5.74, 6) is 2.72. The number of nitrogens with two attached hydrogens (primary N) is 2. The Morgan fingerprint density at radius 3 is 2.55 bits per heavy atom. The van der Waals surface area contributed by atoms with Crippen LogP contribution in [0.5, 0.6) is 6.01 Å². The number of aromatic nitrogens is 2. The van der Waals surface area contributed by atoms with Crippen molar-refractivity contribution in [2.45, 2.75) is 38.1 Å². The highest BCUT2D eigenvalue weighted by atomic mass is 35.5. The van der Waals surface area contributed by atoms with Gasteiger partial charge in [-0.2, -0.15) is 23.1 Å². The van der Waals surface area contributed by atoms with Crippen LogP contribution < -0.4 is 26.2 Å². The first-order valence-electron chi connectivity index (χ1n) is 9.16. The largest absolute Gasteiger partial charge is 0.451 e. The predicted molar refractivity (Wildman–Crippen MR) is 106 cm³/mol. The van der Waals surface area contributed by atoms with Gasteiger partial charge in [0.2, 0.25) is 0 Å². The number of hydrogen-bond donors (Lipinski definition) is 2. The van der Waals surface area contributed by atoms with E-state index in [-0.39, 0.29) is 30.4 Å². The summed E-state index contributed by atoms with van der Waals surface area (Å²) in [5, 5.41) is 1.44. The molecular formula is C18H20ClF5N6O. The van der Waals surface area contributed by atoms with Crippen molar-refractivity contribution in [3.05, 3.63) is 34.9 Å². The highest BCUT2D eigenvalue weighted by Gasteiger charge is 2.41. The molecule has 1 unspecified atom stereocenters. The summed E-state index contributed by atoms with van der Waals surface area (Å²) in [6, 6.07) is 6.06. The van der Waals surface area contributed by atoms with Crippen molar-refractivity contribution in [2.75, 3.05) is 28.7 Å². The topological polar surface area (TPSA) is 93.5 Å². The van der Waals surface area contributed by atoms with Gasteiger partial charge in [0.05, 0.1) is 13.1 Å². The summed E-state index contributed by atoms with van der Waals surface area (Å²) in [4.78, 5) is 8.93. The Kier molecular flexibility index (Phi) is 6.33. The number of halogens is 6. The van der Waals surface area contributed by atoms with E-state index in [9.17, 15) is 22.0 Å². The van der Waals surface area contributed by atoms with Crippen LogP contribution in [0.1, 0.15) is 18.9 Å². The van der Waals surface area contributed by atoms with Gasteiger partial charge in [-0.15, -0.1) is 0 Å². The van der Waals surface area contributed by atoms with E-state index < -0.39 is 37.2 Å². The van der Waals surface area contributed by atoms with E-state index in [1.54, 1.807) is 24.3 Å². The Bertz CT molecular complexity index is 944. The Morgan fingerprint density at radius 1 is 1.29 bits per heavy atom. The number of nitrogen functional groups attached to an aromatic ring is 1. The molecule has 0 bridgehead atoms. The number of rotatable bonds is 6. The number of ether oxygens (including phenoxy) is 1. The number of hydrazine groups is 1. The SMILES string of the molecule is CC(Oc1nc(N(N)Cc2ccccc2Cl)c(N)c(N2CCC(F)(F)C2)n1)C(F)(F)F. The van der Waals surface area contributed by atoms with Crippen LogP contribution in [0.3, 0.4) is 0 Å². The summed E-state index contributed by atoms with van der Waals surface area (Å²) < 4.78 is 71.1. The Labute approximate surface area is 179 Å². The molecule has 2 aromatic rings. The lowest BCUT2D eigenvalue weighted by molar-refractivity contribution is -0.190. The van der Waals surface area contributed by atoms with Crippen LogP contribution >= 0.6 is 11.6 Å². The van der Waals surface area contributed by atoms with Crippen molar-refractivity contribution < 1.29 is 26.7 Å². The minimum Gasteiger partial charge on any atom is -0.451 e. The first kappa shape index (κ1) is 23.1. The number of anilines is 3. The zero-order valence-corrected chi connectivity index (χ0v) is 17.1. The summed E-state index contributed by atoms with van der Waals surface area (Å²) >= 11 is 6.12. The zero-order valence-electron chi connectivity index (χ0n) is 16.3. The summed E-state index contributed by atoms with van der Waals surface area (Å²) in [7, 11) is 0. The third kappa shape index (κ3) is 5.37. The van der Waals surface area contributed by atoms with E-state index in [4.69, 9.17) is 27.9 Å². The quantitative estimate of drug-likeness (QED) is 0.380. The van der Waals surface area contributed by atoms with Crippen LogP contribution in [-0.4, -0.2) is 41.3 Å². The van der Waals surface area contributed by atoms with Crippen molar-refractivity contribution in [1.82, 2.24) is 9.97 Å². The average molecular weight is 467 g/mol. The fourth-order valence-corrected chi connectivity index (χ4v) is 3.16. The Morgan fingerprint density at radius 2 is 1.97 bits per heavy atom. The molecule has 0 aliphatic carbocycles. The molecule has 2 heterocycles. The molecule has 1 aliphatic heterocycles. The lowest BCUT2D eigenvalue weighted by atomic mass is 10.2. The summed E-state index contributed by atoms with van der Waals surface area (Å²) in [5.41, 5.74) is 6.51. The molecule has 170 valence electrons. The van der Waals surface area contributed by atoms with Crippen molar-refractivity contribution in [2.24, 2.45) is 5.84 Å². The van der Waals surface area contributed by atoms with Gasteiger partial charge in [-0.25, -0.2) is 14.6 Å². The maximum Gasteiger partial charge on any atom is 0.425 e. The van der Waals surface area contributed by atoms with Crippen LogP contribution in [-0.2, 0) is 6.54 Å². The first-order valence-corrected chi connectivity index (χ1v) is 9.54. The van der Waals surface area contributed by atoms with E-state index in [1.165, 1.54) is 0 Å². The van der Waals surface area contributed by atoms with Gasteiger partial charge in [0.15, 0.2) is 17.7 Å². The molecule has 4 N–H and O–H groups in total. The standard InChI is InChI=1S/C18H20ClF5N6O/c1-10(18(22,23)24)31-16-27-14(29-7-6-17(20,21)9-29)13(25)15(28-16)30(26)8-11-4-2-3-5-12(11)19/h2-5,10H,6-9,25-26H2,1H3. The van der Waals surface area contributed by atoms with Crippen molar-refractivity contribution in [1.29, 1.82) is 0 Å². The fourth-order valence-electron chi connectivity index (χ4n) is 2.97. The molecule has 1 aromatic carbocycles. The van der Waals surface area contributed by atoms with Crippen LogP contribution in [0.2, 0.25) is 5.02 Å². The van der Waals surface area contributed by atoms with E-state index in [0.717, 1.165) is 16.8 Å². The van der Waals surface area contributed by atoms with Gasteiger partial charge in [-0.3, -0.25) is 5.01 Å². The van der Waals surface area contributed by atoms with Gasteiger partial charge in [-0.05, 0) is 18.6 Å². The molecule has 0 radical (unpaired) electrons.